The summed E-state index contributed by atoms with van der Waals surface area (Å²) in [5.41, 5.74) is -0.496. The van der Waals surface area contributed by atoms with Crippen LogP contribution in [0.15, 0.2) is 18.2 Å². The maximum Gasteiger partial charge on any atom is 0.326 e. The third-order valence-corrected chi connectivity index (χ3v) is 2.40. The molecule has 2 N–H and O–H groups in total. The Bertz CT molecular complexity index is 476. The Morgan fingerprint density at radius 2 is 2.11 bits per heavy atom. The summed E-state index contributed by atoms with van der Waals surface area (Å²) in [7, 11) is 0. The minimum Gasteiger partial charge on any atom is -0.480 e. The first-order valence-corrected chi connectivity index (χ1v) is 5.26. The lowest BCUT2D eigenvalue weighted by Crippen LogP contribution is -2.34. The first kappa shape index (κ1) is 13.9. The molecule has 6 nitrogen and oxygen atoms in total. The van der Waals surface area contributed by atoms with Crippen molar-refractivity contribution in [1.82, 2.24) is 0 Å². The monoisotopic (exact) mass is 256 g/mol. The minimum atomic E-state index is -1.12. The number of halogens is 1. The van der Waals surface area contributed by atoms with E-state index in [4.69, 9.17) is 5.11 Å². The smallest absolute Gasteiger partial charge is 0.326 e. The zero-order valence-electron chi connectivity index (χ0n) is 9.88. The van der Waals surface area contributed by atoms with E-state index in [-0.39, 0.29) is 11.6 Å². The molecule has 0 fully saturated rings. The highest BCUT2D eigenvalue weighted by Gasteiger charge is 2.25. The van der Waals surface area contributed by atoms with E-state index < -0.39 is 28.4 Å². The molecular weight excluding hydrogens is 243 g/mol. The SMILES string of the molecule is CC(C)[C@H](Nc1ccc(F)cc1[N+](=O)[O-])C(=O)O. The largest absolute Gasteiger partial charge is 0.480 e. The van der Waals surface area contributed by atoms with Gasteiger partial charge in [-0.25, -0.2) is 9.18 Å². The van der Waals surface area contributed by atoms with Crippen LogP contribution in [0.1, 0.15) is 13.8 Å². The number of nitro benzene ring substituents is 1. The normalized spacial score (nSPS) is 12.2. The lowest BCUT2D eigenvalue weighted by atomic mass is 10.0. The molecule has 0 aromatic heterocycles. The summed E-state index contributed by atoms with van der Waals surface area (Å²) in [4.78, 5) is 21.0. The average Bonchev–Trinajstić information content (AvgIpc) is 2.25. The molecule has 0 unspecified atom stereocenters. The first-order chi connectivity index (χ1) is 8.32. The molecule has 0 aliphatic heterocycles. The van der Waals surface area contributed by atoms with E-state index in [1.807, 2.05) is 0 Å². The van der Waals surface area contributed by atoms with Crippen LogP contribution in [-0.4, -0.2) is 22.0 Å². The molecule has 0 aliphatic carbocycles. The molecule has 0 radical (unpaired) electrons. The number of rotatable bonds is 5. The van der Waals surface area contributed by atoms with Crippen LogP contribution in [0.5, 0.6) is 0 Å². The third-order valence-electron chi connectivity index (χ3n) is 2.40. The fraction of sp³-hybridized carbons (Fsp3) is 0.364. The molecule has 0 aliphatic rings. The van der Waals surface area contributed by atoms with E-state index in [0.29, 0.717) is 0 Å². The van der Waals surface area contributed by atoms with Crippen molar-refractivity contribution in [2.24, 2.45) is 5.92 Å². The molecule has 7 heteroatoms. The molecule has 0 saturated heterocycles. The lowest BCUT2D eigenvalue weighted by Gasteiger charge is -2.18. The van der Waals surface area contributed by atoms with Crippen LogP contribution in [0.25, 0.3) is 0 Å². The molecule has 18 heavy (non-hydrogen) atoms. The second kappa shape index (κ2) is 5.44. The minimum absolute atomic E-state index is 0.0116. The van der Waals surface area contributed by atoms with Crippen LogP contribution in [0.3, 0.4) is 0 Å². The molecule has 0 bridgehead atoms. The number of hydrogen-bond acceptors (Lipinski definition) is 4. The van der Waals surface area contributed by atoms with Gasteiger partial charge >= 0.3 is 5.97 Å². The molecule has 1 aromatic rings. The summed E-state index contributed by atoms with van der Waals surface area (Å²) in [5, 5.41) is 22.3. The van der Waals surface area contributed by atoms with Gasteiger partial charge in [-0.3, -0.25) is 10.1 Å². The maximum atomic E-state index is 12.9. The van der Waals surface area contributed by atoms with Crippen molar-refractivity contribution in [3.05, 3.63) is 34.1 Å². The predicted octanol–water partition coefficient (Wildman–Crippen LogP) is 2.26. The number of benzene rings is 1. The van der Waals surface area contributed by atoms with Gasteiger partial charge in [0.1, 0.15) is 17.5 Å². The molecule has 0 amide bonds. The number of carboxylic acid groups (broad SMARTS) is 1. The summed E-state index contributed by atoms with van der Waals surface area (Å²) in [6, 6.07) is 1.97. The first-order valence-electron chi connectivity index (χ1n) is 5.26. The highest BCUT2D eigenvalue weighted by Crippen LogP contribution is 2.26. The van der Waals surface area contributed by atoms with Crippen LogP contribution in [-0.2, 0) is 4.79 Å². The van der Waals surface area contributed by atoms with E-state index in [9.17, 15) is 19.3 Å². The van der Waals surface area contributed by atoms with Crippen LogP contribution < -0.4 is 5.32 Å². The van der Waals surface area contributed by atoms with Crippen LogP contribution in [0.2, 0.25) is 0 Å². The Morgan fingerprint density at radius 1 is 1.50 bits per heavy atom. The molecule has 0 heterocycles. The molecule has 0 saturated carbocycles. The van der Waals surface area contributed by atoms with E-state index in [2.05, 4.69) is 5.32 Å². The second-order valence-corrected chi connectivity index (χ2v) is 4.12. The molecule has 1 atom stereocenters. The van der Waals surface area contributed by atoms with E-state index >= 15 is 0 Å². The van der Waals surface area contributed by atoms with Crippen molar-refractivity contribution in [3.63, 3.8) is 0 Å². The standard InChI is InChI=1S/C11H13FN2O4/c1-6(2)10(11(15)16)13-8-4-3-7(12)5-9(8)14(17)18/h3-6,10,13H,1-2H3,(H,15,16)/t10-/m0/s1. The van der Waals surface area contributed by atoms with Crippen molar-refractivity contribution in [3.8, 4) is 0 Å². The number of anilines is 1. The fourth-order valence-electron chi connectivity index (χ4n) is 1.46. The van der Waals surface area contributed by atoms with Gasteiger partial charge in [-0.15, -0.1) is 0 Å². The zero-order valence-corrected chi connectivity index (χ0v) is 9.88. The summed E-state index contributed by atoms with van der Waals surface area (Å²) < 4.78 is 12.9. The molecule has 1 rings (SSSR count). The van der Waals surface area contributed by atoms with Gasteiger partial charge < -0.3 is 10.4 Å². The molecule has 1 aromatic carbocycles. The van der Waals surface area contributed by atoms with Crippen molar-refractivity contribution in [2.45, 2.75) is 19.9 Å². The number of nitrogens with one attached hydrogen (secondary N) is 1. The van der Waals surface area contributed by atoms with E-state index in [1.54, 1.807) is 13.8 Å². The van der Waals surface area contributed by atoms with Crippen molar-refractivity contribution < 1.29 is 19.2 Å². The number of nitro groups is 1. The van der Waals surface area contributed by atoms with Crippen LogP contribution in [0.4, 0.5) is 15.8 Å². The Morgan fingerprint density at radius 3 is 2.56 bits per heavy atom. The summed E-state index contributed by atoms with van der Waals surface area (Å²) >= 11 is 0. The molecular formula is C11H13FN2O4. The number of carbonyl (C=O) groups is 1. The topological polar surface area (TPSA) is 92.5 Å². The Hall–Kier alpha value is -2.18. The maximum absolute atomic E-state index is 12.9. The van der Waals surface area contributed by atoms with Crippen molar-refractivity contribution >= 4 is 17.3 Å². The Balaban J connectivity index is 3.10. The highest BCUT2D eigenvalue weighted by atomic mass is 19.1. The van der Waals surface area contributed by atoms with Crippen molar-refractivity contribution in [1.29, 1.82) is 0 Å². The number of carboxylic acids is 1. The number of nitrogens with zero attached hydrogens (tertiary/aromatic N) is 1. The van der Waals surface area contributed by atoms with E-state index in [0.717, 1.165) is 18.2 Å². The Kier molecular flexibility index (Phi) is 4.19. The van der Waals surface area contributed by atoms with Gasteiger partial charge in [0.05, 0.1) is 11.0 Å². The average molecular weight is 256 g/mol. The predicted molar refractivity (Wildman–Crippen MR) is 62.9 cm³/mol. The highest BCUT2D eigenvalue weighted by molar-refractivity contribution is 5.79. The second-order valence-electron chi connectivity index (χ2n) is 4.12. The van der Waals surface area contributed by atoms with Gasteiger partial charge in [-0.2, -0.15) is 0 Å². The Labute approximate surface area is 103 Å². The van der Waals surface area contributed by atoms with Gasteiger partial charge in [-0.05, 0) is 18.1 Å². The van der Waals surface area contributed by atoms with Gasteiger partial charge in [-0.1, -0.05) is 13.8 Å². The molecule has 98 valence electrons. The quantitative estimate of drug-likeness (QED) is 0.622. The van der Waals surface area contributed by atoms with Gasteiger partial charge in [0.25, 0.3) is 5.69 Å². The van der Waals surface area contributed by atoms with Crippen molar-refractivity contribution in [2.75, 3.05) is 5.32 Å². The lowest BCUT2D eigenvalue weighted by molar-refractivity contribution is -0.384. The van der Waals surface area contributed by atoms with E-state index in [1.165, 1.54) is 0 Å². The van der Waals surface area contributed by atoms with Gasteiger partial charge in [0, 0.05) is 0 Å². The van der Waals surface area contributed by atoms with Gasteiger partial charge in [0.15, 0.2) is 0 Å². The summed E-state index contributed by atoms with van der Waals surface area (Å²) in [6.45, 7) is 3.34. The van der Waals surface area contributed by atoms with Crippen LogP contribution in [0, 0.1) is 21.8 Å². The summed E-state index contributed by atoms with van der Waals surface area (Å²) in [6.07, 6.45) is 0. The van der Waals surface area contributed by atoms with Gasteiger partial charge in [0.2, 0.25) is 0 Å². The van der Waals surface area contributed by atoms with Crippen LogP contribution >= 0.6 is 0 Å². The zero-order chi connectivity index (χ0) is 13.9. The molecule has 0 spiro atoms. The fourth-order valence-corrected chi connectivity index (χ4v) is 1.46. The number of hydrogen-bond donors (Lipinski definition) is 2. The number of aliphatic carboxylic acids is 1. The third kappa shape index (κ3) is 3.16. The summed E-state index contributed by atoms with van der Waals surface area (Å²) in [5.74, 6) is -2.14.